The van der Waals surface area contributed by atoms with E-state index in [1.807, 2.05) is 18.2 Å². The summed E-state index contributed by atoms with van der Waals surface area (Å²) in [5, 5.41) is 8.80. The zero-order chi connectivity index (χ0) is 11.5. The Labute approximate surface area is 95.0 Å². The summed E-state index contributed by atoms with van der Waals surface area (Å²) in [7, 11) is 1.63. The lowest BCUT2D eigenvalue weighted by Crippen LogP contribution is -2.11. The lowest BCUT2D eigenvalue weighted by atomic mass is 9.95. The van der Waals surface area contributed by atoms with Crippen molar-refractivity contribution >= 4 is 5.78 Å². The van der Waals surface area contributed by atoms with Gasteiger partial charge in [0.2, 0.25) is 0 Å². The maximum absolute atomic E-state index is 11.8. The van der Waals surface area contributed by atoms with Crippen LogP contribution in [0, 0.1) is 0 Å². The molecule has 0 radical (unpaired) electrons. The fraction of sp³-hybridized carbons (Fsp3) is 0.462. The highest BCUT2D eigenvalue weighted by molar-refractivity contribution is 5.87. The number of hydrogen-bond donors (Lipinski definition) is 1. The number of benzene rings is 1. The van der Waals surface area contributed by atoms with Crippen molar-refractivity contribution in [1.29, 1.82) is 0 Å². The Morgan fingerprint density at radius 1 is 1.56 bits per heavy atom. The van der Waals surface area contributed by atoms with Crippen LogP contribution in [0.5, 0.6) is 5.75 Å². The summed E-state index contributed by atoms with van der Waals surface area (Å²) >= 11 is 0. The number of rotatable bonds is 4. The van der Waals surface area contributed by atoms with E-state index in [9.17, 15) is 4.79 Å². The van der Waals surface area contributed by atoms with Crippen LogP contribution in [-0.4, -0.2) is 24.6 Å². The molecule has 0 amide bonds. The van der Waals surface area contributed by atoms with Gasteiger partial charge in [0, 0.05) is 18.9 Å². The number of Topliss-reactive ketones (excluding diaryl/α,β-unsaturated/α-hetero) is 1. The van der Waals surface area contributed by atoms with Gasteiger partial charge in [-0.2, -0.15) is 0 Å². The lowest BCUT2D eigenvalue weighted by molar-refractivity contribution is -0.121. The van der Waals surface area contributed by atoms with Crippen LogP contribution in [0.15, 0.2) is 18.2 Å². The summed E-state index contributed by atoms with van der Waals surface area (Å²) in [6, 6.07) is 5.90. The number of fused-ring (bicyclic) bond motifs is 1. The van der Waals surface area contributed by atoms with E-state index in [1.54, 1.807) is 7.11 Å². The Kier molecular flexibility index (Phi) is 3.25. The molecule has 0 aromatic heterocycles. The standard InChI is InChI=1S/C13H16O3/c1-16-10-4-2-9-3-5-11(12(9)8-10)13(15)6-7-14/h2,4,8,11,14H,3,5-7H2,1H3. The quantitative estimate of drug-likeness (QED) is 0.839. The maximum atomic E-state index is 11.8. The van der Waals surface area contributed by atoms with Crippen molar-refractivity contribution in [2.75, 3.05) is 13.7 Å². The van der Waals surface area contributed by atoms with Crippen molar-refractivity contribution in [3.63, 3.8) is 0 Å². The molecule has 1 aromatic rings. The van der Waals surface area contributed by atoms with Crippen molar-refractivity contribution in [3.8, 4) is 5.75 Å². The molecule has 1 atom stereocenters. The molecule has 1 aromatic carbocycles. The number of aryl methyl sites for hydroxylation is 1. The largest absolute Gasteiger partial charge is 0.497 e. The Morgan fingerprint density at radius 3 is 3.06 bits per heavy atom. The molecule has 1 aliphatic carbocycles. The molecule has 0 fully saturated rings. The third-order valence-electron chi connectivity index (χ3n) is 3.18. The Hall–Kier alpha value is -1.35. The normalized spacial score (nSPS) is 18.2. The first-order valence-electron chi connectivity index (χ1n) is 5.56. The van der Waals surface area contributed by atoms with Crippen molar-refractivity contribution in [2.24, 2.45) is 0 Å². The van der Waals surface area contributed by atoms with Crippen LogP contribution in [0.3, 0.4) is 0 Å². The molecule has 0 saturated carbocycles. The van der Waals surface area contributed by atoms with Crippen LogP contribution < -0.4 is 4.74 Å². The number of methoxy groups -OCH3 is 1. The molecule has 3 heteroatoms. The molecular formula is C13H16O3. The summed E-state index contributed by atoms with van der Waals surface area (Å²) in [5.41, 5.74) is 2.31. The average molecular weight is 220 g/mol. The van der Waals surface area contributed by atoms with Gasteiger partial charge in [0.25, 0.3) is 0 Å². The number of carbonyl (C=O) groups is 1. The minimum atomic E-state index is -0.0609. The molecule has 0 aliphatic heterocycles. The number of aliphatic hydroxyl groups excluding tert-OH is 1. The van der Waals surface area contributed by atoms with Crippen molar-refractivity contribution in [1.82, 2.24) is 0 Å². The fourth-order valence-electron chi connectivity index (χ4n) is 2.33. The highest BCUT2D eigenvalue weighted by Gasteiger charge is 2.28. The van der Waals surface area contributed by atoms with Crippen LogP contribution >= 0.6 is 0 Å². The highest BCUT2D eigenvalue weighted by atomic mass is 16.5. The summed E-state index contributed by atoms with van der Waals surface area (Å²) in [4.78, 5) is 11.8. The van der Waals surface area contributed by atoms with Gasteiger partial charge >= 0.3 is 0 Å². The molecule has 0 bridgehead atoms. The molecule has 1 N–H and O–H groups in total. The van der Waals surface area contributed by atoms with E-state index in [-0.39, 0.29) is 24.7 Å². The van der Waals surface area contributed by atoms with Gasteiger partial charge in [-0.3, -0.25) is 4.79 Å². The zero-order valence-corrected chi connectivity index (χ0v) is 9.40. The molecule has 86 valence electrons. The third-order valence-corrected chi connectivity index (χ3v) is 3.18. The fourth-order valence-corrected chi connectivity index (χ4v) is 2.33. The Balaban J connectivity index is 2.27. The molecule has 16 heavy (non-hydrogen) atoms. The van der Waals surface area contributed by atoms with Gasteiger partial charge in [-0.15, -0.1) is 0 Å². The highest BCUT2D eigenvalue weighted by Crippen LogP contribution is 2.36. The van der Waals surface area contributed by atoms with Gasteiger partial charge in [-0.1, -0.05) is 6.07 Å². The van der Waals surface area contributed by atoms with E-state index >= 15 is 0 Å². The van der Waals surface area contributed by atoms with E-state index in [2.05, 4.69) is 0 Å². The summed E-state index contributed by atoms with van der Waals surface area (Å²) in [6.07, 6.45) is 2.06. The van der Waals surface area contributed by atoms with Crippen molar-refractivity contribution in [3.05, 3.63) is 29.3 Å². The van der Waals surface area contributed by atoms with Gasteiger partial charge in [0.15, 0.2) is 0 Å². The first kappa shape index (κ1) is 11.1. The second-order valence-corrected chi connectivity index (χ2v) is 4.10. The van der Waals surface area contributed by atoms with Crippen molar-refractivity contribution < 1.29 is 14.6 Å². The molecule has 0 saturated heterocycles. The summed E-state index contributed by atoms with van der Waals surface area (Å²) in [5.74, 6) is 0.884. The molecule has 1 unspecified atom stereocenters. The molecule has 3 nitrogen and oxygen atoms in total. The van der Waals surface area contributed by atoms with Gasteiger partial charge in [-0.25, -0.2) is 0 Å². The van der Waals surface area contributed by atoms with E-state index in [4.69, 9.17) is 9.84 Å². The van der Waals surface area contributed by atoms with E-state index in [0.717, 1.165) is 24.2 Å². The number of ether oxygens (including phenoxy) is 1. The number of aliphatic hydroxyl groups is 1. The Bertz CT molecular complexity index is 398. The Morgan fingerprint density at radius 2 is 2.38 bits per heavy atom. The monoisotopic (exact) mass is 220 g/mol. The van der Waals surface area contributed by atoms with Crippen molar-refractivity contribution in [2.45, 2.75) is 25.2 Å². The van der Waals surface area contributed by atoms with Crippen LogP contribution in [0.25, 0.3) is 0 Å². The third kappa shape index (κ3) is 1.95. The summed E-state index contributed by atoms with van der Waals surface area (Å²) in [6.45, 7) is -0.0609. The minimum absolute atomic E-state index is 0.0442. The second-order valence-electron chi connectivity index (χ2n) is 4.10. The van der Waals surface area contributed by atoms with Gasteiger partial charge in [0.05, 0.1) is 7.11 Å². The topological polar surface area (TPSA) is 46.5 Å². The number of hydrogen-bond acceptors (Lipinski definition) is 3. The predicted molar refractivity (Wildman–Crippen MR) is 60.8 cm³/mol. The van der Waals surface area contributed by atoms with Crippen LogP contribution in [0.1, 0.15) is 29.9 Å². The first-order valence-corrected chi connectivity index (χ1v) is 5.56. The molecular weight excluding hydrogens is 204 g/mol. The lowest BCUT2D eigenvalue weighted by Gasteiger charge is -2.10. The van der Waals surface area contributed by atoms with Gasteiger partial charge in [0.1, 0.15) is 11.5 Å². The van der Waals surface area contributed by atoms with Crippen LogP contribution in [0.4, 0.5) is 0 Å². The maximum Gasteiger partial charge on any atom is 0.142 e. The van der Waals surface area contributed by atoms with E-state index < -0.39 is 0 Å². The number of ketones is 1. The number of carbonyl (C=O) groups excluding carboxylic acids is 1. The SMILES string of the molecule is COc1ccc2c(c1)C(C(=O)CCO)CC2. The molecule has 1 aliphatic rings. The van der Waals surface area contributed by atoms with Gasteiger partial charge < -0.3 is 9.84 Å². The molecule has 0 spiro atoms. The molecule has 0 heterocycles. The van der Waals surface area contributed by atoms with Gasteiger partial charge in [-0.05, 0) is 36.1 Å². The predicted octanol–water partition coefficient (Wildman–Crippen LogP) is 1.68. The minimum Gasteiger partial charge on any atom is -0.497 e. The first-order chi connectivity index (χ1) is 7.76. The molecule has 2 rings (SSSR count). The van der Waals surface area contributed by atoms with Crippen LogP contribution in [0.2, 0.25) is 0 Å². The van der Waals surface area contributed by atoms with E-state index in [0.29, 0.717) is 0 Å². The zero-order valence-electron chi connectivity index (χ0n) is 9.40. The van der Waals surface area contributed by atoms with E-state index in [1.165, 1.54) is 5.56 Å². The average Bonchev–Trinajstić information content (AvgIpc) is 2.71. The smallest absolute Gasteiger partial charge is 0.142 e. The van der Waals surface area contributed by atoms with Crippen LogP contribution in [-0.2, 0) is 11.2 Å². The second kappa shape index (κ2) is 4.66. The summed E-state index contributed by atoms with van der Waals surface area (Å²) < 4.78 is 5.17.